The number of hydrogen-bond donors (Lipinski definition) is 0. The summed E-state index contributed by atoms with van der Waals surface area (Å²) in [5, 5.41) is -1.62. The van der Waals surface area contributed by atoms with Gasteiger partial charge in [0.1, 0.15) is 5.38 Å². The van der Waals surface area contributed by atoms with Crippen LogP contribution in [0.25, 0.3) is 0 Å². The topological polar surface area (TPSA) is 26.3 Å². The second-order valence-electron chi connectivity index (χ2n) is 3.01. The first-order chi connectivity index (χ1) is 7.87. The van der Waals surface area contributed by atoms with Crippen molar-refractivity contribution in [2.75, 3.05) is 12.5 Å². The SMILES string of the molecule is O=C(OCC(F)(F)C(F)(F)C(F)(F)F)C(Cl)CCl. The molecule has 18 heavy (non-hydrogen) atoms. The predicted octanol–water partition coefficient (Wildman–Crippen LogP) is 3.21. The van der Waals surface area contributed by atoms with E-state index in [9.17, 15) is 35.5 Å². The summed E-state index contributed by atoms with van der Waals surface area (Å²) in [7, 11) is 0. The third kappa shape index (κ3) is 3.78. The van der Waals surface area contributed by atoms with Crippen molar-refractivity contribution in [3.8, 4) is 0 Å². The Hall–Kier alpha value is -0.440. The normalized spacial score (nSPS) is 15.4. The number of hydrogen-bond acceptors (Lipinski definition) is 2. The first-order valence-corrected chi connectivity index (χ1v) is 5.03. The van der Waals surface area contributed by atoms with Crippen LogP contribution in [0.15, 0.2) is 0 Å². The van der Waals surface area contributed by atoms with Crippen LogP contribution in [0.1, 0.15) is 0 Å². The van der Waals surface area contributed by atoms with Crippen molar-refractivity contribution >= 4 is 29.2 Å². The lowest BCUT2D eigenvalue weighted by Gasteiger charge is -2.27. The molecule has 0 saturated heterocycles. The van der Waals surface area contributed by atoms with Gasteiger partial charge in [-0.25, -0.2) is 0 Å². The van der Waals surface area contributed by atoms with Crippen molar-refractivity contribution in [3.05, 3.63) is 0 Å². The highest BCUT2D eigenvalue weighted by molar-refractivity contribution is 6.35. The van der Waals surface area contributed by atoms with Crippen LogP contribution in [0, 0.1) is 0 Å². The summed E-state index contributed by atoms with van der Waals surface area (Å²) in [5.41, 5.74) is 0. The van der Waals surface area contributed by atoms with Crippen LogP contribution in [-0.2, 0) is 9.53 Å². The van der Waals surface area contributed by atoms with Gasteiger partial charge in [-0.2, -0.15) is 30.7 Å². The van der Waals surface area contributed by atoms with E-state index >= 15 is 0 Å². The molecule has 2 nitrogen and oxygen atoms in total. The van der Waals surface area contributed by atoms with Gasteiger partial charge in [0.25, 0.3) is 0 Å². The maximum absolute atomic E-state index is 12.6. The van der Waals surface area contributed by atoms with E-state index in [1.54, 1.807) is 0 Å². The fraction of sp³-hybridized carbons (Fsp3) is 0.857. The Balaban J connectivity index is 4.73. The second kappa shape index (κ2) is 5.68. The Labute approximate surface area is 106 Å². The maximum Gasteiger partial charge on any atom is 0.460 e. The molecule has 108 valence electrons. The summed E-state index contributed by atoms with van der Waals surface area (Å²) < 4.78 is 88.4. The van der Waals surface area contributed by atoms with E-state index in [0.717, 1.165) is 0 Å². The first kappa shape index (κ1) is 17.6. The molecule has 0 N–H and O–H groups in total. The fourth-order valence-electron chi connectivity index (χ4n) is 0.613. The van der Waals surface area contributed by atoms with Gasteiger partial charge in [-0.15, -0.1) is 23.2 Å². The number of carbonyl (C=O) groups excluding carboxylic acids is 1. The Kier molecular flexibility index (Phi) is 5.54. The molecule has 0 spiro atoms. The van der Waals surface area contributed by atoms with Gasteiger partial charge in [0.05, 0.1) is 0 Å². The van der Waals surface area contributed by atoms with Gasteiger partial charge < -0.3 is 4.74 Å². The van der Waals surface area contributed by atoms with E-state index < -0.39 is 41.9 Å². The molecule has 0 heterocycles. The molecule has 0 aromatic heterocycles. The van der Waals surface area contributed by atoms with Crippen molar-refractivity contribution in [2.24, 2.45) is 0 Å². The van der Waals surface area contributed by atoms with Crippen molar-refractivity contribution in [1.29, 1.82) is 0 Å². The molecule has 11 heteroatoms. The summed E-state index contributed by atoms with van der Waals surface area (Å²) in [6, 6.07) is 0. The molecule has 0 radical (unpaired) electrons. The van der Waals surface area contributed by atoms with Gasteiger partial charge in [0.2, 0.25) is 0 Å². The van der Waals surface area contributed by atoms with Gasteiger partial charge in [-0.3, -0.25) is 4.79 Å². The van der Waals surface area contributed by atoms with Crippen LogP contribution >= 0.6 is 23.2 Å². The molecule has 0 fully saturated rings. The molecular weight excluding hydrogens is 320 g/mol. The smallest absolute Gasteiger partial charge is 0.458 e. The highest BCUT2D eigenvalue weighted by Crippen LogP contribution is 2.46. The lowest BCUT2D eigenvalue weighted by Crippen LogP contribution is -2.54. The van der Waals surface area contributed by atoms with Crippen molar-refractivity contribution in [1.82, 2.24) is 0 Å². The van der Waals surface area contributed by atoms with E-state index in [4.69, 9.17) is 23.2 Å². The Morgan fingerprint density at radius 3 is 1.89 bits per heavy atom. The van der Waals surface area contributed by atoms with Crippen LogP contribution in [0.3, 0.4) is 0 Å². The average Bonchev–Trinajstić information content (AvgIpc) is 2.22. The van der Waals surface area contributed by atoms with Crippen molar-refractivity contribution < 1.29 is 40.3 Å². The maximum atomic E-state index is 12.6. The molecule has 0 aliphatic rings. The molecule has 0 rings (SSSR count). The first-order valence-electron chi connectivity index (χ1n) is 4.06. The van der Waals surface area contributed by atoms with E-state index in [0.29, 0.717) is 0 Å². The molecule has 0 amide bonds. The minimum Gasteiger partial charge on any atom is -0.458 e. The fourth-order valence-corrected chi connectivity index (χ4v) is 0.802. The van der Waals surface area contributed by atoms with Crippen molar-refractivity contribution in [3.63, 3.8) is 0 Å². The van der Waals surface area contributed by atoms with Crippen LogP contribution in [0.4, 0.5) is 30.7 Å². The quantitative estimate of drug-likeness (QED) is 0.441. The Morgan fingerprint density at radius 2 is 1.56 bits per heavy atom. The largest absolute Gasteiger partial charge is 0.460 e. The van der Waals surface area contributed by atoms with Crippen molar-refractivity contribution in [2.45, 2.75) is 23.4 Å². The highest BCUT2D eigenvalue weighted by atomic mass is 35.5. The van der Waals surface area contributed by atoms with E-state index in [2.05, 4.69) is 4.74 Å². The highest BCUT2D eigenvalue weighted by Gasteiger charge is 2.73. The van der Waals surface area contributed by atoms with Gasteiger partial charge in [0, 0.05) is 5.88 Å². The van der Waals surface area contributed by atoms with Crippen LogP contribution in [-0.4, -0.2) is 41.9 Å². The molecule has 0 aliphatic heterocycles. The second-order valence-corrected chi connectivity index (χ2v) is 3.84. The molecule has 0 aromatic rings. The zero-order valence-electron chi connectivity index (χ0n) is 8.21. The summed E-state index contributed by atoms with van der Waals surface area (Å²) >= 11 is 10.1. The molecular formula is C7H5Cl2F7O2. The zero-order valence-corrected chi connectivity index (χ0v) is 9.72. The lowest BCUT2D eigenvalue weighted by atomic mass is 10.2. The van der Waals surface area contributed by atoms with Gasteiger partial charge in [-0.1, -0.05) is 0 Å². The number of halogens is 9. The number of rotatable bonds is 5. The minimum atomic E-state index is -6.48. The summed E-state index contributed by atoms with van der Waals surface area (Å²) in [4.78, 5) is 10.7. The van der Waals surface area contributed by atoms with Gasteiger partial charge in [-0.05, 0) is 0 Å². The summed E-state index contributed by atoms with van der Waals surface area (Å²) in [5.74, 6) is -14.1. The van der Waals surface area contributed by atoms with Crippen LogP contribution < -0.4 is 0 Å². The Morgan fingerprint density at radius 1 is 1.11 bits per heavy atom. The summed E-state index contributed by atoms with van der Waals surface area (Å²) in [6.07, 6.45) is -6.48. The molecule has 0 aliphatic carbocycles. The summed E-state index contributed by atoms with van der Waals surface area (Å²) in [6.45, 7) is -2.46. The number of ether oxygens (including phenoxy) is 1. The van der Waals surface area contributed by atoms with E-state index in [-0.39, 0.29) is 0 Å². The standard InChI is InChI=1S/C7H5Cl2F7O2/c8-1-3(9)4(17)18-2-5(10,11)6(12,13)7(14,15)16/h3H,1-2H2. The molecule has 0 aromatic carbocycles. The number of carbonyl (C=O) groups is 1. The lowest BCUT2D eigenvalue weighted by molar-refractivity contribution is -0.359. The van der Waals surface area contributed by atoms with Gasteiger partial charge >= 0.3 is 24.0 Å². The molecule has 1 unspecified atom stereocenters. The minimum absolute atomic E-state index is 0.582. The van der Waals surface area contributed by atoms with Crippen LogP contribution in [0.5, 0.6) is 0 Å². The Bertz CT molecular complexity index is 305. The zero-order chi connectivity index (χ0) is 14.8. The van der Waals surface area contributed by atoms with E-state index in [1.807, 2.05) is 0 Å². The predicted molar refractivity (Wildman–Crippen MR) is 47.3 cm³/mol. The molecule has 1 atom stereocenters. The molecule has 0 saturated carbocycles. The average molecular weight is 325 g/mol. The number of alkyl halides is 9. The molecule has 0 bridgehead atoms. The third-order valence-corrected chi connectivity index (χ3v) is 2.40. The number of esters is 1. The third-order valence-electron chi connectivity index (χ3n) is 1.60. The van der Waals surface area contributed by atoms with E-state index in [1.165, 1.54) is 0 Å². The monoisotopic (exact) mass is 324 g/mol. The van der Waals surface area contributed by atoms with Crippen LogP contribution in [0.2, 0.25) is 0 Å². The van der Waals surface area contributed by atoms with Gasteiger partial charge in [0.15, 0.2) is 6.61 Å².